The molecule has 0 fully saturated rings. The summed E-state index contributed by atoms with van der Waals surface area (Å²) in [5.74, 6) is 0.177. The fourth-order valence-electron chi connectivity index (χ4n) is 2.18. The zero-order valence-electron chi connectivity index (χ0n) is 11.6. The molecule has 0 aliphatic carbocycles. The molecule has 0 radical (unpaired) electrons. The normalized spacial score (nSPS) is 10.8. The van der Waals surface area contributed by atoms with E-state index in [1.807, 2.05) is 24.3 Å². The third-order valence-electron chi connectivity index (χ3n) is 3.07. The standard InChI is InChI=1S/C16H14BrF2NO/c1-9-6-12(7-10(2)15(9)21-16(18)19)14(20)11-4-3-5-13(17)8-11/h3-8,16,20H,1-2H3. The highest BCUT2D eigenvalue weighted by Crippen LogP contribution is 2.27. The smallest absolute Gasteiger partial charge is 0.387 e. The van der Waals surface area contributed by atoms with Gasteiger partial charge >= 0.3 is 6.61 Å². The Morgan fingerprint density at radius 3 is 2.24 bits per heavy atom. The first kappa shape index (κ1) is 15.6. The van der Waals surface area contributed by atoms with E-state index in [1.54, 1.807) is 26.0 Å². The predicted octanol–water partition coefficient (Wildman–Crippen LogP) is 5.08. The second kappa shape index (κ2) is 6.35. The van der Waals surface area contributed by atoms with E-state index in [1.165, 1.54) is 0 Å². The second-order valence-electron chi connectivity index (χ2n) is 4.70. The zero-order chi connectivity index (χ0) is 15.6. The molecule has 2 aromatic rings. The Morgan fingerprint density at radius 2 is 1.71 bits per heavy atom. The first-order chi connectivity index (χ1) is 9.88. The molecule has 0 spiro atoms. The van der Waals surface area contributed by atoms with Crippen molar-refractivity contribution in [2.45, 2.75) is 20.5 Å². The van der Waals surface area contributed by atoms with Crippen LogP contribution >= 0.6 is 15.9 Å². The van der Waals surface area contributed by atoms with Gasteiger partial charge in [-0.3, -0.25) is 5.41 Å². The van der Waals surface area contributed by atoms with Gasteiger partial charge < -0.3 is 4.74 Å². The SMILES string of the molecule is Cc1cc(C(=N)c2cccc(Br)c2)cc(C)c1OC(F)F. The number of nitrogens with one attached hydrogen (secondary N) is 1. The molecule has 21 heavy (non-hydrogen) atoms. The highest BCUT2D eigenvalue weighted by molar-refractivity contribution is 9.10. The van der Waals surface area contributed by atoms with Gasteiger partial charge in [0.2, 0.25) is 0 Å². The summed E-state index contributed by atoms with van der Waals surface area (Å²) in [6, 6.07) is 10.8. The minimum atomic E-state index is -2.85. The van der Waals surface area contributed by atoms with E-state index in [2.05, 4.69) is 20.7 Å². The molecule has 0 aliphatic rings. The van der Waals surface area contributed by atoms with Gasteiger partial charge in [-0.1, -0.05) is 28.1 Å². The van der Waals surface area contributed by atoms with Crippen LogP contribution in [0.5, 0.6) is 5.75 Å². The van der Waals surface area contributed by atoms with Gasteiger partial charge in [0.1, 0.15) is 5.75 Å². The largest absolute Gasteiger partial charge is 0.434 e. The van der Waals surface area contributed by atoms with E-state index in [0.29, 0.717) is 22.4 Å². The molecule has 0 atom stereocenters. The number of ether oxygens (including phenoxy) is 1. The quantitative estimate of drug-likeness (QED) is 0.763. The second-order valence-corrected chi connectivity index (χ2v) is 5.62. The Kier molecular flexibility index (Phi) is 4.73. The maximum atomic E-state index is 12.4. The summed E-state index contributed by atoms with van der Waals surface area (Å²) in [6.45, 7) is 0.544. The lowest BCUT2D eigenvalue weighted by Crippen LogP contribution is -2.07. The van der Waals surface area contributed by atoms with E-state index in [0.717, 1.165) is 10.0 Å². The molecule has 0 heterocycles. The summed E-state index contributed by atoms with van der Waals surface area (Å²) in [4.78, 5) is 0. The van der Waals surface area contributed by atoms with E-state index in [9.17, 15) is 8.78 Å². The van der Waals surface area contributed by atoms with Crippen LogP contribution in [0, 0.1) is 19.3 Å². The van der Waals surface area contributed by atoms with Crippen molar-refractivity contribution in [1.29, 1.82) is 5.41 Å². The Bertz CT molecular complexity index is 663. The van der Waals surface area contributed by atoms with Gasteiger partial charge in [0.15, 0.2) is 0 Å². The van der Waals surface area contributed by atoms with Crippen molar-refractivity contribution >= 4 is 21.6 Å². The summed E-state index contributed by atoms with van der Waals surface area (Å²) in [5.41, 5.74) is 2.94. The molecule has 2 aromatic carbocycles. The van der Waals surface area contributed by atoms with Crippen molar-refractivity contribution in [3.8, 4) is 5.75 Å². The number of hydrogen-bond donors (Lipinski definition) is 1. The lowest BCUT2D eigenvalue weighted by atomic mass is 9.98. The van der Waals surface area contributed by atoms with Gasteiger partial charge in [-0.15, -0.1) is 0 Å². The molecule has 0 unspecified atom stereocenters. The van der Waals surface area contributed by atoms with Crippen LogP contribution in [0.3, 0.4) is 0 Å². The third-order valence-corrected chi connectivity index (χ3v) is 3.56. The van der Waals surface area contributed by atoms with Gasteiger partial charge in [0.25, 0.3) is 0 Å². The molecule has 0 saturated carbocycles. The molecular weight excluding hydrogens is 340 g/mol. The van der Waals surface area contributed by atoms with Crippen LogP contribution < -0.4 is 4.74 Å². The average Bonchev–Trinajstić information content (AvgIpc) is 2.41. The van der Waals surface area contributed by atoms with Gasteiger partial charge in [-0.2, -0.15) is 8.78 Å². The van der Waals surface area contributed by atoms with Crippen molar-refractivity contribution in [3.63, 3.8) is 0 Å². The monoisotopic (exact) mass is 353 g/mol. The van der Waals surface area contributed by atoms with Crippen LogP contribution in [0.15, 0.2) is 40.9 Å². The van der Waals surface area contributed by atoms with Gasteiger partial charge in [-0.25, -0.2) is 0 Å². The van der Waals surface area contributed by atoms with Crippen molar-refractivity contribution in [1.82, 2.24) is 0 Å². The fourth-order valence-corrected chi connectivity index (χ4v) is 2.58. The summed E-state index contributed by atoms with van der Waals surface area (Å²) in [5, 5.41) is 8.26. The molecule has 2 nitrogen and oxygen atoms in total. The van der Waals surface area contributed by atoms with Crippen LogP contribution in [0.1, 0.15) is 22.3 Å². The molecule has 1 N–H and O–H groups in total. The molecule has 0 aliphatic heterocycles. The number of rotatable bonds is 4. The number of alkyl halides is 2. The number of halogens is 3. The zero-order valence-corrected chi connectivity index (χ0v) is 13.2. The minimum absolute atomic E-state index is 0.177. The van der Waals surface area contributed by atoms with Gasteiger partial charge in [0.05, 0.1) is 5.71 Å². The van der Waals surface area contributed by atoms with Crippen molar-refractivity contribution in [2.75, 3.05) is 0 Å². The third kappa shape index (κ3) is 3.67. The van der Waals surface area contributed by atoms with Crippen LogP contribution in [0.4, 0.5) is 8.78 Å². The van der Waals surface area contributed by atoms with Gasteiger partial charge in [-0.05, 0) is 49.2 Å². The maximum Gasteiger partial charge on any atom is 0.387 e. The first-order valence-corrected chi connectivity index (χ1v) is 7.08. The first-order valence-electron chi connectivity index (χ1n) is 6.29. The highest BCUT2D eigenvalue weighted by atomic mass is 79.9. The Labute approximate surface area is 130 Å². The molecular formula is C16H14BrF2NO. The summed E-state index contributed by atoms with van der Waals surface area (Å²) < 4.78 is 30.2. The van der Waals surface area contributed by atoms with Crippen molar-refractivity contribution in [2.24, 2.45) is 0 Å². The Morgan fingerprint density at radius 1 is 1.10 bits per heavy atom. The van der Waals surface area contributed by atoms with Crippen LogP contribution in [0.2, 0.25) is 0 Å². The highest BCUT2D eigenvalue weighted by Gasteiger charge is 2.14. The Balaban J connectivity index is 2.39. The molecule has 0 aromatic heterocycles. The van der Waals surface area contributed by atoms with Crippen molar-refractivity contribution < 1.29 is 13.5 Å². The molecule has 0 bridgehead atoms. The molecule has 0 saturated heterocycles. The summed E-state index contributed by atoms with van der Waals surface area (Å²) in [6.07, 6.45) is 0. The van der Waals surface area contributed by atoms with E-state index in [-0.39, 0.29) is 5.75 Å². The number of benzene rings is 2. The number of aryl methyl sites for hydroxylation is 2. The number of hydrogen-bond acceptors (Lipinski definition) is 2. The van der Waals surface area contributed by atoms with E-state index < -0.39 is 6.61 Å². The summed E-state index contributed by atoms with van der Waals surface area (Å²) in [7, 11) is 0. The van der Waals surface area contributed by atoms with Crippen LogP contribution in [-0.4, -0.2) is 12.3 Å². The lowest BCUT2D eigenvalue weighted by molar-refractivity contribution is -0.0507. The maximum absolute atomic E-state index is 12.4. The molecule has 2 rings (SSSR count). The molecule has 110 valence electrons. The predicted molar refractivity (Wildman–Crippen MR) is 82.6 cm³/mol. The Hall–Kier alpha value is -1.75. The van der Waals surface area contributed by atoms with E-state index in [4.69, 9.17) is 5.41 Å². The van der Waals surface area contributed by atoms with Crippen molar-refractivity contribution in [3.05, 3.63) is 63.1 Å². The summed E-state index contributed by atoms with van der Waals surface area (Å²) >= 11 is 3.37. The average molecular weight is 354 g/mol. The van der Waals surface area contributed by atoms with Crippen LogP contribution in [-0.2, 0) is 0 Å². The van der Waals surface area contributed by atoms with Crippen LogP contribution in [0.25, 0.3) is 0 Å². The topological polar surface area (TPSA) is 33.1 Å². The molecule has 0 amide bonds. The van der Waals surface area contributed by atoms with E-state index >= 15 is 0 Å². The lowest BCUT2D eigenvalue weighted by Gasteiger charge is -2.14. The fraction of sp³-hybridized carbons (Fsp3) is 0.188. The van der Waals surface area contributed by atoms with Gasteiger partial charge in [0, 0.05) is 15.6 Å². The minimum Gasteiger partial charge on any atom is -0.434 e. The molecule has 5 heteroatoms.